The summed E-state index contributed by atoms with van der Waals surface area (Å²) < 4.78 is 0. The van der Waals surface area contributed by atoms with Crippen molar-refractivity contribution in [3.63, 3.8) is 0 Å². The monoisotopic (exact) mass is 427 g/mol. The standard InChI is InChI=1S/C18H33N7O5/c1-10(2)14(24-15(27)11(19)5-3-7-22-18(20)21)16(28)23-9-13(26)25-8-4-6-12(25)17(29)30/h10-12,14H,3-9,19H2,1-2H3,(H,23,28)(H,24,27)(H,29,30)(H4,20,21,22). The Balaban J connectivity index is 2.55. The Hall–Kier alpha value is -2.89. The maximum atomic E-state index is 12.5. The SMILES string of the molecule is CC(C)C(NC(=O)C(N)CCCN=C(N)N)C(=O)NCC(=O)N1CCCC1C(=O)O. The summed E-state index contributed by atoms with van der Waals surface area (Å²) in [5, 5.41) is 14.3. The Bertz CT molecular complexity index is 663. The van der Waals surface area contributed by atoms with E-state index in [2.05, 4.69) is 15.6 Å². The van der Waals surface area contributed by atoms with Crippen LogP contribution in [0.5, 0.6) is 0 Å². The van der Waals surface area contributed by atoms with E-state index in [-0.39, 0.29) is 18.4 Å². The predicted molar refractivity (Wildman–Crippen MR) is 110 cm³/mol. The third kappa shape index (κ3) is 7.85. The van der Waals surface area contributed by atoms with Gasteiger partial charge in [0.2, 0.25) is 17.7 Å². The zero-order valence-corrected chi connectivity index (χ0v) is 17.5. The van der Waals surface area contributed by atoms with Gasteiger partial charge < -0.3 is 37.8 Å². The van der Waals surface area contributed by atoms with Crippen LogP contribution in [0.1, 0.15) is 39.5 Å². The number of guanidine groups is 1. The molecule has 3 atom stereocenters. The number of carbonyl (C=O) groups is 4. The minimum atomic E-state index is -1.06. The van der Waals surface area contributed by atoms with Crippen molar-refractivity contribution in [2.45, 2.75) is 57.7 Å². The van der Waals surface area contributed by atoms with E-state index in [4.69, 9.17) is 22.3 Å². The van der Waals surface area contributed by atoms with Crippen molar-refractivity contribution < 1.29 is 24.3 Å². The van der Waals surface area contributed by atoms with Gasteiger partial charge in [-0.15, -0.1) is 0 Å². The summed E-state index contributed by atoms with van der Waals surface area (Å²) in [4.78, 5) is 53.4. The van der Waals surface area contributed by atoms with Gasteiger partial charge in [0.1, 0.15) is 12.1 Å². The predicted octanol–water partition coefficient (Wildman–Crippen LogP) is -2.30. The highest BCUT2D eigenvalue weighted by molar-refractivity contribution is 5.92. The van der Waals surface area contributed by atoms with Crippen LogP contribution in [0.3, 0.4) is 0 Å². The zero-order valence-electron chi connectivity index (χ0n) is 17.5. The second-order valence-electron chi connectivity index (χ2n) is 7.59. The minimum absolute atomic E-state index is 0.0391. The van der Waals surface area contributed by atoms with Crippen LogP contribution >= 0.6 is 0 Å². The van der Waals surface area contributed by atoms with E-state index in [1.165, 1.54) is 4.90 Å². The van der Waals surface area contributed by atoms with Gasteiger partial charge in [0.05, 0.1) is 12.6 Å². The number of nitrogens with one attached hydrogen (secondary N) is 2. The fourth-order valence-electron chi connectivity index (χ4n) is 3.14. The largest absolute Gasteiger partial charge is 0.480 e. The highest BCUT2D eigenvalue weighted by atomic mass is 16.4. The molecule has 1 saturated heterocycles. The zero-order chi connectivity index (χ0) is 22.8. The van der Waals surface area contributed by atoms with Crippen molar-refractivity contribution in [1.82, 2.24) is 15.5 Å². The van der Waals surface area contributed by atoms with Gasteiger partial charge in [-0.3, -0.25) is 19.4 Å². The second kappa shape index (κ2) is 12.0. The smallest absolute Gasteiger partial charge is 0.326 e. The molecule has 12 heteroatoms. The van der Waals surface area contributed by atoms with Crippen molar-refractivity contribution in [2.75, 3.05) is 19.6 Å². The van der Waals surface area contributed by atoms with Crippen molar-refractivity contribution in [2.24, 2.45) is 28.1 Å². The van der Waals surface area contributed by atoms with Crippen LogP contribution < -0.4 is 27.8 Å². The van der Waals surface area contributed by atoms with E-state index in [1.54, 1.807) is 13.8 Å². The fraction of sp³-hybridized carbons (Fsp3) is 0.722. The molecule has 0 radical (unpaired) electrons. The number of amides is 3. The van der Waals surface area contributed by atoms with Gasteiger partial charge in [0.25, 0.3) is 0 Å². The third-order valence-electron chi connectivity index (χ3n) is 4.82. The summed E-state index contributed by atoms with van der Waals surface area (Å²) in [5.41, 5.74) is 16.3. The molecule has 0 aromatic rings. The van der Waals surface area contributed by atoms with Crippen LogP contribution in [0, 0.1) is 5.92 Å². The van der Waals surface area contributed by atoms with E-state index in [0.717, 1.165) is 0 Å². The number of hydrogen-bond acceptors (Lipinski definition) is 6. The van der Waals surface area contributed by atoms with Crippen molar-refractivity contribution in [3.8, 4) is 0 Å². The highest BCUT2D eigenvalue weighted by Gasteiger charge is 2.34. The molecule has 3 amide bonds. The average molecular weight is 428 g/mol. The van der Waals surface area contributed by atoms with Crippen LogP contribution in [-0.4, -0.2) is 77.4 Å². The van der Waals surface area contributed by atoms with Crippen molar-refractivity contribution in [3.05, 3.63) is 0 Å². The quantitative estimate of drug-likeness (QED) is 0.120. The number of nitrogens with two attached hydrogens (primary N) is 3. The number of rotatable bonds is 11. The maximum Gasteiger partial charge on any atom is 0.326 e. The molecule has 1 heterocycles. The van der Waals surface area contributed by atoms with E-state index >= 15 is 0 Å². The molecule has 170 valence electrons. The molecule has 0 bridgehead atoms. The number of carbonyl (C=O) groups excluding carboxylic acids is 3. The Kier molecular flexibility index (Phi) is 10.0. The van der Waals surface area contributed by atoms with E-state index < -0.39 is 41.8 Å². The lowest BCUT2D eigenvalue weighted by atomic mass is 10.0. The summed E-state index contributed by atoms with van der Waals surface area (Å²) in [7, 11) is 0. The van der Waals surface area contributed by atoms with Crippen LogP contribution in [0.2, 0.25) is 0 Å². The van der Waals surface area contributed by atoms with Gasteiger partial charge in [-0.25, -0.2) is 4.79 Å². The van der Waals surface area contributed by atoms with Crippen LogP contribution in [0.15, 0.2) is 4.99 Å². The summed E-state index contributed by atoms with van der Waals surface area (Å²) >= 11 is 0. The lowest BCUT2D eigenvalue weighted by Gasteiger charge is -2.25. The minimum Gasteiger partial charge on any atom is -0.480 e. The molecule has 12 nitrogen and oxygen atoms in total. The summed E-state index contributed by atoms with van der Waals surface area (Å²) in [6.07, 6.45) is 1.82. The number of aliphatic carboxylic acids is 1. The molecule has 0 aromatic heterocycles. The van der Waals surface area contributed by atoms with Crippen molar-refractivity contribution >= 4 is 29.7 Å². The van der Waals surface area contributed by atoms with E-state index in [0.29, 0.717) is 38.8 Å². The van der Waals surface area contributed by atoms with Gasteiger partial charge in [0.15, 0.2) is 5.96 Å². The number of carboxylic acid groups (broad SMARTS) is 1. The second-order valence-corrected chi connectivity index (χ2v) is 7.59. The number of hydrogen-bond donors (Lipinski definition) is 6. The van der Waals surface area contributed by atoms with Gasteiger partial charge in [-0.05, 0) is 31.6 Å². The normalized spacial score (nSPS) is 17.9. The molecule has 1 rings (SSSR count). The molecule has 30 heavy (non-hydrogen) atoms. The summed E-state index contributed by atoms with van der Waals surface area (Å²) in [6, 6.07) is -2.59. The van der Waals surface area contributed by atoms with Gasteiger partial charge in [-0.1, -0.05) is 13.8 Å². The summed E-state index contributed by atoms with van der Waals surface area (Å²) in [5.74, 6) is -2.86. The van der Waals surface area contributed by atoms with Gasteiger partial charge >= 0.3 is 5.97 Å². The van der Waals surface area contributed by atoms with E-state index in [9.17, 15) is 19.2 Å². The highest BCUT2D eigenvalue weighted by Crippen LogP contribution is 2.17. The Morgan fingerprint density at radius 3 is 2.43 bits per heavy atom. The van der Waals surface area contributed by atoms with E-state index in [1.807, 2.05) is 0 Å². The number of aliphatic imine (C=N–C) groups is 1. The first-order chi connectivity index (χ1) is 14.0. The number of carboxylic acids is 1. The molecular formula is C18H33N7O5. The lowest BCUT2D eigenvalue weighted by Crippen LogP contribution is -2.55. The first-order valence-corrected chi connectivity index (χ1v) is 9.95. The Labute approximate surface area is 175 Å². The molecule has 3 unspecified atom stereocenters. The van der Waals surface area contributed by atoms with Crippen LogP contribution in [0.4, 0.5) is 0 Å². The number of likely N-dealkylation sites (tertiary alicyclic amines) is 1. The van der Waals surface area contributed by atoms with Crippen LogP contribution in [-0.2, 0) is 19.2 Å². The fourth-order valence-corrected chi connectivity index (χ4v) is 3.14. The third-order valence-corrected chi connectivity index (χ3v) is 4.82. The molecule has 1 aliphatic heterocycles. The molecule has 9 N–H and O–H groups in total. The maximum absolute atomic E-state index is 12.5. The molecule has 0 aliphatic carbocycles. The Morgan fingerprint density at radius 1 is 1.20 bits per heavy atom. The molecule has 0 aromatic carbocycles. The molecule has 1 aliphatic rings. The van der Waals surface area contributed by atoms with Gasteiger partial charge in [-0.2, -0.15) is 0 Å². The van der Waals surface area contributed by atoms with Crippen LogP contribution in [0.25, 0.3) is 0 Å². The topological polar surface area (TPSA) is 206 Å². The first kappa shape index (κ1) is 25.1. The molecular weight excluding hydrogens is 394 g/mol. The lowest BCUT2D eigenvalue weighted by molar-refractivity contribution is -0.148. The average Bonchev–Trinajstić information content (AvgIpc) is 3.16. The molecule has 0 saturated carbocycles. The summed E-state index contributed by atoms with van der Waals surface area (Å²) in [6.45, 7) is 3.83. The van der Waals surface area contributed by atoms with Crippen molar-refractivity contribution in [1.29, 1.82) is 0 Å². The number of nitrogens with zero attached hydrogens (tertiary/aromatic N) is 2. The first-order valence-electron chi connectivity index (χ1n) is 9.95. The van der Waals surface area contributed by atoms with Gasteiger partial charge in [0, 0.05) is 13.1 Å². The molecule has 0 spiro atoms. The Morgan fingerprint density at radius 2 is 1.87 bits per heavy atom. The molecule has 1 fully saturated rings.